The predicted molar refractivity (Wildman–Crippen MR) is 141 cm³/mol. The van der Waals surface area contributed by atoms with Gasteiger partial charge in [0.1, 0.15) is 5.82 Å². The fourth-order valence-electron chi connectivity index (χ4n) is 6.76. The number of aryl methyl sites for hydroxylation is 1. The standard InChI is InChI=1S/C30H32F7N3O3/c1-16-8-22(31)4-5-24(16)25-12-23(39-14-21-13-28(21,15-39)26(41)42)6-7-40(25)27(43)38(3)17(2)18-9-19(29(32,33)34)11-20(10-18)30(35,36)37/h4-5,8-11,17,21,23,25H,6-7,12-15H2,1-3H3,(H,41,42)/t17-,21?,23?,25+,28?/m0/s1. The summed E-state index contributed by atoms with van der Waals surface area (Å²) >= 11 is 0. The van der Waals surface area contributed by atoms with Crippen LogP contribution in [-0.2, 0) is 17.1 Å². The molecule has 1 N–H and O–H groups in total. The smallest absolute Gasteiger partial charge is 0.416 e. The molecule has 0 radical (unpaired) electrons. The van der Waals surface area contributed by atoms with Crippen molar-refractivity contribution in [3.05, 3.63) is 70.0 Å². The van der Waals surface area contributed by atoms with Gasteiger partial charge in [-0.25, -0.2) is 9.18 Å². The minimum Gasteiger partial charge on any atom is -0.481 e. The number of carboxylic acids is 1. The summed E-state index contributed by atoms with van der Waals surface area (Å²) in [6, 6.07) is 3.07. The molecule has 0 aromatic heterocycles. The lowest BCUT2D eigenvalue weighted by Gasteiger charge is -2.45. The lowest BCUT2D eigenvalue weighted by atomic mass is 9.88. The Balaban J connectivity index is 1.43. The minimum atomic E-state index is -5.03. The van der Waals surface area contributed by atoms with Crippen LogP contribution in [-0.4, -0.2) is 64.5 Å². The molecule has 5 atom stereocenters. The number of carbonyl (C=O) groups excluding carboxylic acids is 1. The third kappa shape index (κ3) is 5.80. The highest BCUT2D eigenvalue weighted by Crippen LogP contribution is 2.59. The maximum atomic E-state index is 14.0. The Morgan fingerprint density at radius 2 is 1.67 bits per heavy atom. The van der Waals surface area contributed by atoms with Crippen LogP contribution >= 0.6 is 0 Å². The van der Waals surface area contributed by atoms with E-state index in [-0.39, 0.29) is 30.1 Å². The van der Waals surface area contributed by atoms with Gasteiger partial charge in [-0.3, -0.25) is 9.69 Å². The van der Waals surface area contributed by atoms with Crippen LogP contribution < -0.4 is 0 Å². The molecule has 43 heavy (non-hydrogen) atoms. The molecule has 2 aliphatic heterocycles. The molecule has 3 aliphatic rings. The van der Waals surface area contributed by atoms with Gasteiger partial charge in [0.25, 0.3) is 0 Å². The molecule has 1 saturated carbocycles. The number of nitrogens with zero attached hydrogens (tertiary/aromatic N) is 3. The van der Waals surface area contributed by atoms with Gasteiger partial charge in [0.05, 0.1) is 28.6 Å². The van der Waals surface area contributed by atoms with E-state index in [1.807, 2.05) is 0 Å². The summed E-state index contributed by atoms with van der Waals surface area (Å²) in [5.41, 5.74) is -2.75. The van der Waals surface area contributed by atoms with Gasteiger partial charge in [0.15, 0.2) is 0 Å². The number of alkyl halides is 6. The van der Waals surface area contributed by atoms with Crippen LogP contribution in [0.15, 0.2) is 36.4 Å². The molecular formula is C30H32F7N3O3. The van der Waals surface area contributed by atoms with Crippen molar-refractivity contribution >= 4 is 12.0 Å². The van der Waals surface area contributed by atoms with E-state index in [0.29, 0.717) is 55.6 Å². The molecule has 2 aromatic carbocycles. The summed E-state index contributed by atoms with van der Waals surface area (Å²) in [4.78, 5) is 30.5. The third-order valence-electron chi connectivity index (χ3n) is 9.50. The van der Waals surface area contributed by atoms with Crippen LogP contribution in [0.1, 0.15) is 66.1 Å². The highest BCUT2D eigenvalue weighted by Gasteiger charge is 2.66. The summed E-state index contributed by atoms with van der Waals surface area (Å²) in [7, 11) is 1.33. The monoisotopic (exact) mass is 615 g/mol. The maximum Gasteiger partial charge on any atom is 0.416 e. The first-order valence-electron chi connectivity index (χ1n) is 14.0. The summed E-state index contributed by atoms with van der Waals surface area (Å²) in [6.45, 7) is 4.28. The molecule has 3 unspecified atom stereocenters. The lowest BCUT2D eigenvalue weighted by molar-refractivity contribution is -0.144. The van der Waals surface area contributed by atoms with Crippen LogP contribution in [0.3, 0.4) is 0 Å². The van der Waals surface area contributed by atoms with Crippen LogP contribution in [0.4, 0.5) is 35.5 Å². The van der Waals surface area contributed by atoms with E-state index in [1.54, 1.807) is 13.0 Å². The number of likely N-dealkylation sites (tertiary alicyclic amines) is 2. The Bertz CT molecular complexity index is 1400. The summed E-state index contributed by atoms with van der Waals surface area (Å²) in [6.07, 6.45) is -8.52. The van der Waals surface area contributed by atoms with Crippen LogP contribution in [0, 0.1) is 24.1 Å². The average Bonchev–Trinajstić information content (AvgIpc) is 3.51. The van der Waals surface area contributed by atoms with E-state index >= 15 is 0 Å². The Morgan fingerprint density at radius 3 is 2.21 bits per heavy atom. The van der Waals surface area contributed by atoms with Crippen molar-refractivity contribution in [3.8, 4) is 0 Å². The van der Waals surface area contributed by atoms with E-state index in [2.05, 4.69) is 4.90 Å². The molecule has 2 amide bonds. The van der Waals surface area contributed by atoms with Crippen molar-refractivity contribution in [3.63, 3.8) is 0 Å². The molecule has 1 aliphatic carbocycles. The number of halogens is 7. The molecule has 0 spiro atoms. The van der Waals surface area contributed by atoms with Crippen molar-refractivity contribution in [2.75, 3.05) is 26.7 Å². The number of hydrogen-bond donors (Lipinski definition) is 1. The van der Waals surface area contributed by atoms with E-state index in [4.69, 9.17) is 0 Å². The molecule has 13 heteroatoms. The summed E-state index contributed by atoms with van der Waals surface area (Å²) < 4.78 is 95.0. The van der Waals surface area contributed by atoms with Crippen molar-refractivity contribution in [2.24, 2.45) is 11.3 Å². The molecular weight excluding hydrogens is 583 g/mol. The molecule has 0 bridgehead atoms. The fraction of sp³-hybridized carbons (Fsp3) is 0.533. The topological polar surface area (TPSA) is 64.1 Å². The largest absolute Gasteiger partial charge is 0.481 e. The second-order valence-electron chi connectivity index (χ2n) is 12.1. The van der Waals surface area contributed by atoms with Gasteiger partial charge in [0.2, 0.25) is 0 Å². The van der Waals surface area contributed by atoms with Crippen molar-refractivity contribution in [1.82, 2.24) is 14.7 Å². The van der Waals surface area contributed by atoms with Gasteiger partial charge in [-0.05, 0) is 86.1 Å². The summed E-state index contributed by atoms with van der Waals surface area (Å²) in [5.74, 6) is -1.22. The number of hydrogen-bond acceptors (Lipinski definition) is 3. The Kier molecular flexibility index (Phi) is 7.72. The Morgan fingerprint density at radius 1 is 1.05 bits per heavy atom. The number of carboxylic acid groups (broad SMARTS) is 1. The van der Waals surface area contributed by atoms with Gasteiger partial charge in [-0.15, -0.1) is 0 Å². The third-order valence-corrected chi connectivity index (χ3v) is 9.50. The number of benzene rings is 2. The van der Waals surface area contributed by atoms with Crippen LogP contribution in [0.5, 0.6) is 0 Å². The van der Waals surface area contributed by atoms with E-state index in [9.17, 15) is 45.4 Å². The zero-order valence-electron chi connectivity index (χ0n) is 23.8. The van der Waals surface area contributed by atoms with Crippen molar-refractivity contribution in [2.45, 2.75) is 63.6 Å². The van der Waals surface area contributed by atoms with Crippen LogP contribution in [0.25, 0.3) is 0 Å². The lowest BCUT2D eigenvalue weighted by Crippen LogP contribution is -2.52. The number of rotatable bonds is 5. The molecule has 6 nitrogen and oxygen atoms in total. The molecule has 2 heterocycles. The second-order valence-corrected chi connectivity index (χ2v) is 12.1. The van der Waals surface area contributed by atoms with E-state index in [1.165, 1.54) is 31.0 Å². The Labute approximate surface area is 244 Å². The van der Waals surface area contributed by atoms with Crippen LogP contribution in [0.2, 0.25) is 0 Å². The SMILES string of the molecule is Cc1cc(F)ccc1[C@H]1CC(N2CC3CC3(C(=O)O)C2)CCN1C(=O)N(C)[C@@H](C)c1cc(C(F)(F)F)cc(C(F)(F)F)c1. The number of fused-ring (bicyclic) bond motifs is 1. The van der Waals surface area contributed by atoms with Gasteiger partial charge in [0, 0.05) is 32.7 Å². The van der Waals surface area contributed by atoms with E-state index < -0.39 is 58.8 Å². The first-order valence-corrected chi connectivity index (χ1v) is 14.0. The molecule has 3 fully saturated rings. The number of aliphatic carboxylic acids is 1. The van der Waals surface area contributed by atoms with Crippen molar-refractivity contribution < 1.29 is 45.4 Å². The molecule has 2 saturated heterocycles. The van der Waals surface area contributed by atoms with Gasteiger partial charge >= 0.3 is 24.4 Å². The average molecular weight is 616 g/mol. The van der Waals surface area contributed by atoms with Gasteiger partial charge < -0.3 is 14.9 Å². The molecule has 234 valence electrons. The van der Waals surface area contributed by atoms with Gasteiger partial charge in [-0.1, -0.05) is 6.07 Å². The highest BCUT2D eigenvalue weighted by molar-refractivity contribution is 5.79. The number of urea groups is 1. The predicted octanol–water partition coefficient (Wildman–Crippen LogP) is 6.90. The number of amides is 2. The first-order chi connectivity index (χ1) is 19.9. The van der Waals surface area contributed by atoms with Crippen molar-refractivity contribution in [1.29, 1.82) is 0 Å². The zero-order valence-corrected chi connectivity index (χ0v) is 23.8. The maximum absolute atomic E-state index is 14.0. The van der Waals surface area contributed by atoms with Gasteiger partial charge in [-0.2, -0.15) is 26.3 Å². The number of piperidine rings is 2. The van der Waals surface area contributed by atoms with E-state index in [0.717, 1.165) is 4.90 Å². The fourth-order valence-corrected chi connectivity index (χ4v) is 6.76. The molecule has 5 rings (SSSR count). The highest BCUT2D eigenvalue weighted by atomic mass is 19.4. The minimum absolute atomic E-state index is 0.0486. The Hall–Kier alpha value is -3.35. The normalized spacial score (nSPS) is 26.7. The molecule has 2 aromatic rings. The second kappa shape index (κ2) is 10.7. The first kappa shape index (κ1) is 31.1. The summed E-state index contributed by atoms with van der Waals surface area (Å²) in [5, 5.41) is 9.72. The quantitative estimate of drug-likeness (QED) is 0.372. The zero-order chi connectivity index (χ0) is 31.6. The number of carbonyl (C=O) groups is 2.